The zero-order chi connectivity index (χ0) is 17.3. The van der Waals surface area contributed by atoms with Crippen molar-refractivity contribution in [1.82, 2.24) is 13.3 Å². The van der Waals surface area contributed by atoms with Crippen LogP contribution in [0.1, 0.15) is 37.1 Å². The Balaban J connectivity index is 3.06. The molecule has 0 N–H and O–H groups in total. The van der Waals surface area contributed by atoms with Gasteiger partial charge in [0.05, 0.1) is 12.3 Å². The van der Waals surface area contributed by atoms with Gasteiger partial charge in [-0.05, 0) is 18.1 Å². The largest absolute Gasteiger partial charge is 0.411 e. The van der Waals surface area contributed by atoms with Crippen molar-refractivity contribution >= 4 is 24.8 Å². The lowest BCUT2D eigenvalue weighted by molar-refractivity contribution is 0.111. The summed E-state index contributed by atoms with van der Waals surface area (Å²) in [6, 6.07) is 0. The van der Waals surface area contributed by atoms with E-state index in [9.17, 15) is 13.2 Å². The van der Waals surface area contributed by atoms with Gasteiger partial charge in [0.25, 0.3) is 0 Å². The zero-order valence-electron chi connectivity index (χ0n) is 14.2. The number of aromatic nitrogens is 2. The monoisotopic (exact) mass is 347 g/mol. The Morgan fingerprint density at radius 3 is 2.32 bits per heavy atom. The molecule has 0 atom stereocenters. The van der Waals surface area contributed by atoms with E-state index in [2.05, 4.69) is 38.8 Å². The maximum absolute atomic E-state index is 12.1. The van der Waals surface area contributed by atoms with Gasteiger partial charge in [-0.15, -0.1) is 0 Å². The molecule has 0 amide bonds. The van der Waals surface area contributed by atoms with E-state index in [1.165, 1.54) is 20.3 Å². The number of imidazole rings is 1. The summed E-state index contributed by atoms with van der Waals surface area (Å²) in [6.45, 7) is 10.7. The number of hydrogen-bond donors (Lipinski definition) is 0. The number of hydrogen-bond acceptors (Lipinski definition) is 5. The average Bonchev–Trinajstić information content (AvgIpc) is 2.78. The molecular weight excluding hydrogens is 322 g/mol. The Kier molecular flexibility index (Phi) is 5.38. The highest BCUT2D eigenvalue weighted by Crippen LogP contribution is 2.37. The van der Waals surface area contributed by atoms with Crippen LogP contribution < -0.4 is 0 Å². The van der Waals surface area contributed by atoms with Crippen LogP contribution in [0, 0.1) is 0 Å². The van der Waals surface area contributed by atoms with Crippen molar-refractivity contribution in [3.63, 3.8) is 0 Å². The Morgan fingerprint density at radius 1 is 1.36 bits per heavy atom. The Labute approximate surface area is 133 Å². The van der Waals surface area contributed by atoms with Gasteiger partial charge < -0.3 is 4.43 Å². The predicted octanol–water partition coefficient (Wildman–Crippen LogP) is 1.87. The summed E-state index contributed by atoms with van der Waals surface area (Å²) in [4.78, 5) is 15.1. The van der Waals surface area contributed by atoms with Crippen LogP contribution in [0.2, 0.25) is 18.1 Å². The molecule has 0 spiro atoms. The van der Waals surface area contributed by atoms with Crippen LogP contribution in [0.4, 0.5) is 0 Å². The molecule has 0 radical (unpaired) electrons. The second kappa shape index (κ2) is 6.23. The molecule has 1 heterocycles. The highest BCUT2D eigenvalue weighted by molar-refractivity contribution is 7.87. The highest BCUT2D eigenvalue weighted by atomic mass is 32.2. The van der Waals surface area contributed by atoms with Gasteiger partial charge >= 0.3 is 10.2 Å². The molecule has 9 heteroatoms. The molecule has 0 unspecified atom stereocenters. The van der Waals surface area contributed by atoms with Crippen molar-refractivity contribution in [3.8, 4) is 0 Å². The van der Waals surface area contributed by atoms with E-state index in [1.54, 1.807) is 0 Å². The van der Waals surface area contributed by atoms with Gasteiger partial charge in [-0.25, -0.2) is 8.96 Å². The summed E-state index contributed by atoms with van der Waals surface area (Å²) in [7, 11) is -2.94. The Hall–Kier alpha value is -1.03. The van der Waals surface area contributed by atoms with Crippen molar-refractivity contribution in [1.29, 1.82) is 0 Å². The van der Waals surface area contributed by atoms with Gasteiger partial charge in [0.2, 0.25) is 0 Å². The van der Waals surface area contributed by atoms with Crippen LogP contribution in [-0.2, 0) is 21.2 Å². The van der Waals surface area contributed by atoms with Gasteiger partial charge in [-0.3, -0.25) is 4.79 Å². The molecule has 1 aromatic rings. The summed E-state index contributed by atoms with van der Waals surface area (Å²) in [5, 5.41) is 0.0404. The summed E-state index contributed by atoms with van der Waals surface area (Å²) in [6.07, 6.45) is 1.77. The van der Waals surface area contributed by atoms with E-state index >= 15 is 0 Å². The lowest BCUT2D eigenvalue weighted by Gasteiger charge is -2.35. The zero-order valence-corrected chi connectivity index (χ0v) is 16.1. The SMILES string of the molecule is CN(C)S(=O)(=O)n1cc(CO[Si](C)(C)C(C)(C)C)nc1C=O. The number of aldehydes is 1. The van der Waals surface area contributed by atoms with Crippen LogP contribution in [0.3, 0.4) is 0 Å². The normalized spacial score (nSPS) is 13.6. The van der Waals surface area contributed by atoms with Crippen molar-refractivity contribution in [2.24, 2.45) is 0 Å². The molecule has 0 saturated carbocycles. The third-order valence-electron chi connectivity index (χ3n) is 3.95. The van der Waals surface area contributed by atoms with Crippen LogP contribution >= 0.6 is 0 Å². The molecule has 126 valence electrons. The van der Waals surface area contributed by atoms with E-state index in [4.69, 9.17) is 4.43 Å². The molecule has 22 heavy (non-hydrogen) atoms. The topological polar surface area (TPSA) is 81.5 Å². The van der Waals surface area contributed by atoms with Crippen molar-refractivity contribution in [2.75, 3.05) is 14.1 Å². The van der Waals surface area contributed by atoms with Crippen molar-refractivity contribution < 1.29 is 17.6 Å². The predicted molar refractivity (Wildman–Crippen MR) is 87.6 cm³/mol. The minimum atomic E-state index is -3.77. The maximum atomic E-state index is 12.1. The fourth-order valence-corrected chi connectivity index (χ4v) is 3.27. The molecule has 0 aliphatic rings. The molecule has 1 aromatic heterocycles. The quantitative estimate of drug-likeness (QED) is 0.579. The Morgan fingerprint density at radius 2 is 1.91 bits per heavy atom. The van der Waals surface area contributed by atoms with E-state index < -0.39 is 18.5 Å². The van der Waals surface area contributed by atoms with Crippen molar-refractivity contribution in [3.05, 3.63) is 17.7 Å². The first-order valence-corrected chi connectivity index (χ1v) is 11.2. The summed E-state index contributed by atoms with van der Waals surface area (Å²) < 4.78 is 32.2. The third-order valence-corrected chi connectivity index (χ3v) is 10.1. The maximum Gasteiger partial charge on any atom is 0.308 e. The van der Waals surface area contributed by atoms with Gasteiger partial charge in [-0.1, -0.05) is 20.8 Å². The summed E-state index contributed by atoms with van der Waals surface area (Å²) in [5.41, 5.74) is 0.428. The molecule has 0 bridgehead atoms. The van der Waals surface area contributed by atoms with Crippen LogP contribution in [0.5, 0.6) is 0 Å². The molecule has 0 aromatic carbocycles. The van der Waals surface area contributed by atoms with Gasteiger partial charge in [0.15, 0.2) is 20.4 Å². The fourth-order valence-electron chi connectivity index (χ4n) is 1.41. The summed E-state index contributed by atoms with van der Waals surface area (Å²) in [5.74, 6) is -0.150. The van der Waals surface area contributed by atoms with Crippen LogP contribution in [0.15, 0.2) is 6.20 Å². The number of carbonyl (C=O) groups is 1. The molecule has 0 saturated heterocycles. The molecular formula is C13H25N3O4SSi. The molecule has 0 aliphatic heterocycles. The Bertz CT molecular complexity index is 645. The minimum absolute atomic E-state index is 0.0404. The van der Waals surface area contributed by atoms with Crippen LogP contribution in [-0.4, -0.2) is 50.4 Å². The van der Waals surface area contributed by atoms with Gasteiger partial charge in [0.1, 0.15) is 0 Å². The second-order valence-electron chi connectivity index (χ2n) is 6.84. The van der Waals surface area contributed by atoms with Crippen LogP contribution in [0.25, 0.3) is 0 Å². The first-order valence-electron chi connectivity index (χ1n) is 6.93. The highest BCUT2D eigenvalue weighted by Gasteiger charge is 2.37. The van der Waals surface area contributed by atoms with Gasteiger partial charge in [0, 0.05) is 20.3 Å². The molecule has 1 rings (SSSR count). The van der Waals surface area contributed by atoms with E-state index in [1.807, 2.05) is 0 Å². The minimum Gasteiger partial charge on any atom is -0.411 e. The second-order valence-corrected chi connectivity index (χ2v) is 13.7. The standard InChI is InChI=1S/C13H25N3O4SSi/c1-13(2,3)22(6,7)20-10-11-8-16(12(9-17)14-11)21(18,19)15(4)5/h8-9H,10H2,1-7H3. The molecule has 0 fully saturated rings. The van der Waals surface area contributed by atoms with E-state index in [0.717, 1.165) is 8.28 Å². The van der Waals surface area contributed by atoms with E-state index in [-0.39, 0.29) is 17.5 Å². The fraction of sp³-hybridized carbons (Fsp3) is 0.692. The smallest absolute Gasteiger partial charge is 0.308 e. The van der Waals surface area contributed by atoms with E-state index in [0.29, 0.717) is 12.0 Å². The summed E-state index contributed by atoms with van der Waals surface area (Å²) >= 11 is 0. The average molecular weight is 348 g/mol. The van der Waals surface area contributed by atoms with Gasteiger partial charge in [-0.2, -0.15) is 12.7 Å². The lowest BCUT2D eigenvalue weighted by atomic mass is 10.2. The molecule has 0 aliphatic carbocycles. The van der Waals surface area contributed by atoms with Crippen molar-refractivity contribution in [2.45, 2.75) is 45.5 Å². The number of carbonyl (C=O) groups excluding carboxylic acids is 1. The first-order chi connectivity index (χ1) is 9.83. The number of nitrogens with zero attached hydrogens (tertiary/aromatic N) is 3. The third kappa shape index (κ3) is 3.83. The number of rotatable bonds is 6. The lowest BCUT2D eigenvalue weighted by Crippen LogP contribution is -2.40. The first kappa shape index (κ1) is 19.0. The molecule has 7 nitrogen and oxygen atoms in total.